The highest BCUT2D eigenvalue weighted by Gasteiger charge is 2.12. The predicted molar refractivity (Wildman–Crippen MR) is 88.1 cm³/mol. The van der Waals surface area contributed by atoms with Gasteiger partial charge in [-0.3, -0.25) is 5.32 Å². The van der Waals surface area contributed by atoms with Gasteiger partial charge in [-0.2, -0.15) is 0 Å². The van der Waals surface area contributed by atoms with Gasteiger partial charge in [0.2, 0.25) is 0 Å². The second-order valence-corrected chi connectivity index (χ2v) is 5.07. The van der Waals surface area contributed by atoms with Crippen molar-refractivity contribution in [3.8, 4) is 5.75 Å². The Balaban J connectivity index is 1.78. The first-order valence-corrected chi connectivity index (χ1v) is 7.16. The maximum Gasteiger partial charge on any atom is 0.417 e. The van der Waals surface area contributed by atoms with Crippen molar-refractivity contribution in [3.05, 3.63) is 54.4 Å². The molecule has 0 unspecified atom stereocenters. The Bertz CT molecular complexity index is 917. The van der Waals surface area contributed by atoms with Crippen LogP contribution >= 0.6 is 0 Å². The summed E-state index contributed by atoms with van der Waals surface area (Å²) in [5.41, 5.74) is 2.22. The van der Waals surface area contributed by atoms with Gasteiger partial charge in [-0.1, -0.05) is 12.1 Å². The Morgan fingerprint density at radius 1 is 1.17 bits per heavy atom. The molecule has 0 aliphatic heterocycles. The molecule has 1 N–H and O–H groups in total. The van der Waals surface area contributed by atoms with Gasteiger partial charge in [-0.25, -0.2) is 14.6 Å². The first-order valence-electron chi connectivity index (χ1n) is 7.16. The quantitative estimate of drug-likeness (QED) is 0.749. The van der Waals surface area contributed by atoms with Crippen molar-refractivity contribution in [2.24, 2.45) is 7.05 Å². The van der Waals surface area contributed by atoms with Gasteiger partial charge in [-0.15, -0.1) is 0 Å². The van der Waals surface area contributed by atoms with E-state index in [1.54, 1.807) is 41.2 Å². The summed E-state index contributed by atoms with van der Waals surface area (Å²) >= 11 is 0. The van der Waals surface area contributed by atoms with Gasteiger partial charge in [0.15, 0.2) is 5.75 Å². The predicted octanol–water partition coefficient (Wildman–Crippen LogP) is 2.97. The van der Waals surface area contributed by atoms with Crippen molar-refractivity contribution in [2.75, 3.05) is 12.4 Å². The van der Waals surface area contributed by atoms with Crippen LogP contribution in [-0.4, -0.2) is 28.7 Å². The highest BCUT2D eigenvalue weighted by molar-refractivity contribution is 5.93. The number of fused-ring (bicyclic) bond motifs is 1. The van der Waals surface area contributed by atoms with Gasteiger partial charge in [0.05, 0.1) is 24.5 Å². The number of carbonyl (C=O) groups excluding carboxylic acids is 2. The number of rotatable bonds is 3. The van der Waals surface area contributed by atoms with E-state index in [1.807, 2.05) is 13.1 Å². The SMILES string of the molecule is COC(=O)c1cccc(NC(=O)Oc2cccc3ncn(C)c23)c1. The van der Waals surface area contributed by atoms with Crippen LogP contribution in [0.15, 0.2) is 48.8 Å². The average molecular weight is 325 g/mol. The van der Waals surface area contributed by atoms with E-state index in [0.717, 1.165) is 11.0 Å². The van der Waals surface area contributed by atoms with E-state index in [1.165, 1.54) is 13.2 Å². The number of benzene rings is 2. The highest BCUT2D eigenvalue weighted by Crippen LogP contribution is 2.24. The summed E-state index contributed by atoms with van der Waals surface area (Å²) in [4.78, 5) is 27.9. The summed E-state index contributed by atoms with van der Waals surface area (Å²) in [6.45, 7) is 0. The zero-order valence-electron chi connectivity index (χ0n) is 13.1. The number of anilines is 1. The van der Waals surface area contributed by atoms with Crippen LogP contribution in [0.1, 0.15) is 10.4 Å². The van der Waals surface area contributed by atoms with Gasteiger partial charge >= 0.3 is 12.1 Å². The standard InChI is InChI=1S/C17H15N3O4/c1-20-10-18-13-7-4-8-14(15(13)20)24-17(22)19-12-6-3-5-11(9-12)16(21)23-2/h3-10H,1-2H3,(H,19,22). The molecule has 7 nitrogen and oxygen atoms in total. The largest absolute Gasteiger partial charge is 0.465 e. The van der Waals surface area contributed by atoms with Crippen LogP contribution < -0.4 is 10.1 Å². The Morgan fingerprint density at radius 3 is 2.75 bits per heavy atom. The number of hydrogen-bond acceptors (Lipinski definition) is 5. The molecule has 3 aromatic rings. The van der Waals surface area contributed by atoms with Gasteiger partial charge in [0, 0.05) is 12.7 Å². The molecule has 0 fully saturated rings. The molecule has 7 heteroatoms. The summed E-state index contributed by atoms with van der Waals surface area (Å²) in [7, 11) is 3.12. The fraction of sp³-hybridized carbons (Fsp3) is 0.118. The third-order valence-electron chi connectivity index (χ3n) is 3.43. The molecule has 0 saturated carbocycles. The lowest BCUT2D eigenvalue weighted by Gasteiger charge is -2.09. The molecule has 3 rings (SSSR count). The number of nitrogens with zero attached hydrogens (tertiary/aromatic N) is 2. The van der Waals surface area contributed by atoms with Crippen molar-refractivity contribution >= 4 is 28.8 Å². The van der Waals surface area contributed by atoms with Crippen molar-refractivity contribution in [1.82, 2.24) is 9.55 Å². The lowest BCUT2D eigenvalue weighted by molar-refractivity contribution is 0.0600. The molecule has 0 spiro atoms. The second-order valence-electron chi connectivity index (χ2n) is 5.07. The Labute approximate surface area is 137 Å². The highest BCUT2D eigenvalue weighted by atomic mass is 16.6. The third kappa shape index (κ3) is 3.05. The number of aryl methyl sites for hydroxylation is 1. The minimum atomic E-state index is -0.661. The molecule has 122 valence electrons. The Morgan fingerprint density at radius 2 is 1.96 bits per heavy atom. The van der Waals surface area contributed by atoms with E-state index in [-0.39, 0.29) is 0 Å². The van der Waals surface area contributed by atoms with Crippen LogP contribution in [0.25, 0.3) is 11.0 Å². The number of aromatic nitrogens is 2. The van der Waals surface area contributed by atoms with Crippen molar-refractivity contribution in [1.29, 1.82) is 0 Å². The summed E-state index contributed by atoms with van der Waals surface area (Å²) in [6.07, 6.45) is 0.987. The number of methoxy groups -OCH3 is 1. The van der Waals surface area contributed by atoms with Crippen LogP contribution in [-0.2, 0) is 11.8 Å². The number of esters is 1. The van der Waals surface area contributed by atoms with Gasteiger partial charge in [0.1, 0.15) is 5.52 Å². The summed E-state index contributed by atoms with van der Waals surface area (Å²) in [6, 6.07) is 11.7. The molecule has 0 radical (unpaired) electrons. The zero-order valence-corrected chi connectivity index (χ0v) is 13.1. The van der Waals surface area contributed by atoms with E-state index < -0.39 is 12.1 Å². The van der Waals surface area contributed by atoms with Crippen LogP contribution in [0.5, 0.6) is 5.75 Å². The van der Waals surface area contributed by atoms with Crippen molar-refractivity contribution in [2.45, 2.75) is 0 Å². The maximum atomic E-state index is 12.1. The van der Waals surface area contributed by atoms with Crippen molar-refractivity contribution < 1.29 is 19.1 Å². The molecular weight excluding hydrogens is 310 g/mol. The molecule has 2 aromatic carbocycles. The average Bonchev–Trinajstić information content (AvgIpc) is 2.96. The molecule has 0 aliphatic rings. The Hall–Kier alpha value is -3.35. The van der Waals surface area contributed by atoms with Gasteiger partial charge < -0.3 is 14.0 Å². The molecule has 1 aromatic heterocycles. The smallest absolute Gasteiger partial charge is 0.417 e. The van der Waals surface area contributed by atoms with Crippen LogP contribution in [0.4, 0.5) is 10.5 Å². The second kappa shape index (κ2) is 6.41. The van der Waals surface area contributed by atoms with E-state index >= 15 is 0 Å². The summed E-state index contributed by atoms with van der Waals surface area (Å²) in [5, 5.41) is 2.59. The monoisotopic (exact) mass is 325 g/mol. The Kier molecular flexibility index (Phi) is 4.15. The van der Waals surface area contributed by atoms with E-state index in [9.17, 15) is 9.59 Å². The van der Waals surface area contributed by atoms with Gasteiger partial charge in [-0.05, 0) is 30.3 Å². The number of carbonyl (C=O) groups is 2. The third-order valence-corrected chi connectivity index (χ3v) is 3.43. The lowest BCUT2D eigenvalue weighted by Crippen LogP contribution is -2.17. The number of nitrogens with one attached hydrogen (secondary N) is 1. The zero-order chi connectivity index (χ0) is 17.1. The first kappa shape index (κ1) is 15.5. The molecule has 0 saturated heterocycles. The number of imidazole rings is 1. The fourth-order valence-electron chi connectivity index (χ4n) is 2.34. The fourth-order valence-corrected chi connectivity index (χ4v) is 2.34. The van der Waals surface area contributed by atoms with Crippen LogP contribution in [0.3, 0.4) is 0 Å². The van der Waals surface area contributed by atoms with E-state index in [4.69, 9.17) is 4.74 Å². The van der Waals surface area contributed by atoms with Crippen LogP contribution in [0, 0.1) is 0 Å². The molecule has 0 aliphatic carbocycles. The normalized spacial score (nSPS) is 10.4. The molecule has 1 heterocycles. The summed E-state index contributed by atoms with van der Waals surface area (Å²) < 4.78 is 11.8. The molecule has 1 amide bonds. The van der Waals surface area contributed by atoms with E-state index in [0.29, 0.717) is 17.0 Å². The maximum absolute atomic E-state index is 12.1. The topological polar surface area (TPSA) is 82.4 Å². The van der Waals surface area contributed by atoms with Gasteiger partial charge in [0.25, 0.3) is 0 Å². The minimum absolute atomic E-state index is 0.337. The van der Waals surface area contributed by atoms with Crippen LogP contribution in [0.2, 0.25) is 0 Å². The van der Waals surface area contributed by atoms with E-state index in [2.05, 4.69) is 15.0 Å². The molecule has 0 atom stereocenters. The minimum Gasteiger partial charge on any atom is -0.465 e. The van der Waals surface area contributed by atoms with Crippen molar-refractivity contribution in [3.63, 3.8) is 0 Å². The molecule has 0 bridgehead atoms. The number of amides is 1. The molecular formula is C17H15N3O4. The number of para-hydroxylation sites is 1. The first-order chi connectivity index (χ1) is 11.6. The molecule has 24 heavy (non-hydrogen) atoms. The lowest BCUT2D eigenvalue weighted by atomic mass is 10.2. The number of hydrogen-bond donors (Lipinski definition) is 1. The summed E-state index contributed by atoms with van der Waals surface area (Å²) in [5.74, 6) is -0.0826. The number of ether oxygens (including phenoxy) is 2.